The van der Waals surface area contributed by atoms with Gasteiger partial charge in [0.15, 0.2) is 5.96 Å². The molecule has 0 aliphatic carbocycles. The Morgan fingerprint density at radius 3 is 2.63 bits per heavy atom. The van der Waals surface area contributed by atoms with Gasteiger partial charge in [-0.2, -0.15) is 0 Å². The molecule has 2 aliphatic heterocycles. The van der Waals surface area contributed by atoms with Gasteiger partial charge in [-0.15, -0.1) is 24.0 Å². The number of hydrogen-bond acceptors (Lipinski definition) is 4. The molecule has 2 saturated heterocycles. The third-order valence-electron chi connectivity index (χ3n) is 6.26. The molecule has 2 aliphatic rings. The molecule has 1 aromatic carbocycles. The monoisotopic (exact) mass is 548 g/mol. The number of piperidine rings is 2. The first-order valence-electron chi connectivity index (χ1n) is 10.5. The molecule has 0 aromatic heterocycles. The van der Waals surface area contributed by atoms with Crippen LogP contribution in [0.5, 0.6) is 0 Å². The van der Waals surface area contributed by atoms with Crippen molar-refractivity contribution in [2.75, 3.05) is 47.4 Å². The van der Waals surface area contributed by atoms with Crippen LogP contribution in [-0.2, 0) is 9.53 Å². The molecule has 2 heterocycles. The molecule has 2 unspecified atom stereocenters. The summed E-state index contributed by atoms with van der Waals surface area (Å²) in [5.74, 6) is 1.32. The van der Waals surface area contributed by atoms with Gasteiger partial charge in [-0.3, -0.25) is 14.7 Å². The molecule has 6 nitrogen and oxygen atoms in total. The van der Waals surface area contributed by atoms with Crippen molar-refractivity contribution in [3.63, 3.8) is 0 Å². The van der Waals surface area contributed by atoms with Crippen LogP contribution in [-0.4, -0.2) is 69.1 Å². The van der Waals surface area contributed by atoms with E-state index >= 15 is 0 Å². The number of likely N-dealkylation sites (tertiary alicyclic amines) is 2. The fourth-order valence-electron chi connectivity index (χ4n) is 4.74. The van der Waals surface area contributed by atoms with Crippen LogP contribution in [0, 0.1) is 11.8 Å². The van der Waals surface area contributed by atoms with Crippen molar-refractivity contribution >= 4 is 47.5 Å². The van der Waals surface area contributed by atoms with Crippen LogP contribution >= 0.6 is 35.6 Å². The van der Waals surface area contributed by atoms with Crippen LogP contribution in [0.3, 0.4) is 0 Å². The lowest BCUT2D eigenvalue weighted by atomic mass is 9.85. The highest BCUT2D eigenvalue weighted by Crippen LogP contribution is 2.35. The first-order chi connectivity index (χ1) is 14.0. The predicted octanol–water partition coefficient (Wildman–Crippen LogP) is 3.80. The molecule has 0 saturated carbocycles. The van der Waals surface area contributed by atoms with Crippen molar-refractivity contribution in [2.24, 2.45) is 16.8 Å². The second-order valence-corrected chi connectivity index (χ2v) is 8.53. The third kappa shape index (κ3) is 6.23. The quantitative estimate of drug-likeness (QED) is 0.269. The minimum Gasteiger partial charge on any atom is -0.469 e. The summed E-state index contributed by atoms with van der Waals surface area (Å²) in [5, 5.41) is 4.39. The second-order valence-electron chi connectivity index (χ2n) is 8.10. The van der Waals surface area contributed by atoms with Crippen molar-refractivity contribution in [3.8, 4) is 0 Å². The maximum atomic E-state index is 11.8. The Labute approximate surface area is 202 Å². The first kappa shape index (κ1) is 25.2. The van der Waals surface area contributed by atoms with Crippen LogP contribution in [0.2, 0.25) is 5.02 Å². The molecule has 2 fully saturated rings. The molecule has 0 radical (unpaired) electrons. The van der Waals surface area contributed by atoms with Crippen LogP contribution in [0.15, 0.2) is 29.3 Å². The van der Waals surface area contributed by atoms with E-state index in [2.05, 4.69) is 39.3 Å². The molecule has 168 valence electrons. The summed E-state index contributed by atoms with van der Waals surface area (Å²) in [7, 11) is 5.49. The zero-order chi connectivity index (χ0) is 20.8. The lowest BCUT2D eigenvalue weighted by Gasteiger charge is -2.40. The van der Waals surface area contributed by atoms with Crippen LogP contribution in [0.4, 0.5) is 0 Å². The number of guanidine groups is 1. The Balaban J connectivity index is 0.00000320. The SMILES string of the molecule is CN=C(NCC1CCCN(C)C1c1cccc(Cl)c1)N1CCC(C(=O)OC)CC1.I. The van der Waals surface area contributed by atoms with E-state index in [1.165, 1.54) is 25.5 Å². The van der Waals surface area contributed by atoms with Gasteiger partial charge in [-0.05, 0) is 62.9 Å². The van der Waals surface area contributed by atoms with Gasteiger partial charge in [-0.1, -0.05) is 23.7 Å². The van der Waals surface area contributed by atoms with Crippen LogP contribution in [0.25, 0.3) is 0 Å². The van der Waals surface area contributed by atoms with E-state index in [4.69, 9.17) is 16.3 Å². The summed E-state index contributed by atoms with van der Waals surface area (Å²) >= 11 is 6.26. The van der Waals surface area contributed by atoms with Gasteiger partial charge in [0.05, 0.1) is 13.0 Å². The second kappa shape index (κ2) is 12.1. The molecule has 3 rings (SSSR count). The highest BCUT2D eigenvalue weighted by Gasteiger charge is 2.32. The number of benzene rings is 1. The van der Waals surface area contributed by atoms with Gasteiger partial charge in [0.1, 0.15) is 0 Å². The lowest BCUT2D eigenvalue weighted by Crippen LogP contribution is -2.49. The normalized spacial score (nSPS) is 23.6. The predicted molar refractivity (Wildman–Crippen MR) is 133 cm³/mol. The highest BCUT2D eigenvalue weighted by molar-refractivity contribution is 14.0. The Kier molecular flexibility index (Phi) is 10.2. The number of methoxy groups -OCH3 is 1. The van der Waals surface area contributed by atoms with Crippen molar-refractivity contribution < 1.29 is 9.53 Å². The fourth-order valence-corrected chi connectivity index (χ4v) is 4.94. The van der Waals surface area contributed by atoms with Gasteiger partial charge >= 0.3 is 5.97 Å². The summed E-state index contributed by atoms with van der Waals surface area (Å²) in [6, 6.07) is 8.58. The van der Waals surface area contributed by atoms with E-state index in [9.17, 15) is 4.79 Å². The number of nitrogens with zero attached hydrogens (tertiary/aromatic N) is 3. The van der Waals surface area contributed by atoms with Crippen LogP contribution < -0.4 is 5.32 Å². The van der Waals surface area contributed by atoms with E-state index in [0.29, 0.717) is 12.0 Å². The summed E-state index contributed by atoms with van der Waals surface area (Å²) in [5.41, 5.74) is 1.28. The summed E-state index contributed by atoms with van der Waals surface area (Å²) in [6.45, 7) is 3.61. The number of esters is 1. The van der Waals surface area contributed by atoms with E-state index in [-0.39, 0.29) is 35.9 Å². The van der Waals surface area contributed by atoms with Crippen molar-refractivity contribution in [1.29, 1.82) is 0 Å². The molecule has 1 N–H and O–H groups in total. The molecule has 0 amide bonds. The van der Waals surface area contributed by atoms with Gasteiger partial charge < -0.3 is 15.0 Å². The minimum atomic E-state index is -0.0952. The van der Waals surface area contributed by atoms with Gasteiger partial charge in [0.2, 0.25) is 0 Å². The van der Waals surface area contributed by atoms with Crippen molar-refractivity contribution in [3.05, 3.63) is 34.9 Å². The number of rotatable bonds is 4. The largest absolute Gasteiger partial charge is 0.469 e. The van der Waals surface area contributed by atoms with Crippen molar-refractivity contribution in [1.82, 2.24) is 15.1 Å². The maximum Gasteiger partial charge on any atom is 0.308 e. The molecule has 1 aromatic rings. The van der Waals surface area contributed by atoms with E-state index in [0.717, 1.165) is 50.0 Å². The number of halogens is 2. The highest BCUT2D eigenvalue weighted by atomic mass is 127. The smallest absolute Gasteiger partial charge is 0.308 e. The number of carbonyl (C=O) groups excluding carboxylic acids is 1. The third-order valence-corrected chi connectivity index (χ3v) is 6.50. The number of nitrogens with one attached hydrogen (secondary N) is 1. The van der Waals surface area contributed by atoms with Crippen LogP contribution in [0.1, 0.15) is 37.3 Å². The standard InChI is InChI=1S/C22H33ClN4O2.HI/c1-24-22(27-12-9-16(10-13-27)21(28)29-3)25-15-18-7-5-11-26(2)20(18)17-6-4-8-19(23)14-17;/h4,6,8,14,16,18,20H,5,7,9-13,15H2,1-3H3,(H,24,25);1H. The molecule has 2 atom stereocenters. The Bertz CT molecular complexity index is 725. The number of aliphatic imine (C=N–C) groups is 1. The summed E-state index contributed by atoms with van der Waals surface area (Å²) < 4.78 is 4.89. The van der Waals surface area contributed by atoms with Gasteiger partial charge in [-0.25, -0.2) is 0 Å². The van der Waals surface area contributed by atoms with E-state index in [1.54, 1.807) is 0 Å². The van der Waals surface area contributed by atoms with E-state index in [1.807, 2.05) is 19.2 Å². The molecule has 0 spiro atoms. The topological polar surface area (TPSA) is 57.2 Å². The Morgan fingerprint density at radius 2 is 2.00 bits per heavy atom. The molecule has 0 bridgehead atoms. The zero-order valence-electron chi connectivity index (χ0n) is 18.1. The number of hydrogen-bond donors (Lipinski definition) is 1. The minimum absolute atomic E-state index is 0. The Morgan fingerprint density at radius 1 is 1.27 bits per heavy atom. The maximum absolute atomic E-state index is 11.8. The number of carbonyl (C=O) groups is 1. The van der Waals surface area contributed by atoms with Gasteiger partial charge in [0, 0.05) is 37.7 Å². The van der Waals surface area contributed by atoms with E-state index < -0.39 is 0 Å². The molecule has 30 heavy (non-hydrogen) atoms. The summed E-state index contributed by atoms with van der Waals surface area (Å²) in [4.78, 5) is 21.0. The molecular weight excluding hydrogens is 515 g/mol. The Hall–Kier alpha value is -1.06. The lowest BCUT2D eigenvalue weighted by molar-refractivity contribution is -0.146. The summed E-state index contributed by atoms with van der Waals surface area (Å²) in [6.07, 6.45) is 3.99. The average Bonchev–Trinajstić information content (AvgIpc) is 2.74. The first-order valence-corrected chi connectivity index (χ1v) is 10.9. The average molecular weight is 549 g/mol. The molecule has 8 heteroatoms. The fraction of sp³-hybridized carbons (Fsp3) is 0.636. The van der Waals surface area contributed by atoms with Gasteiger partial charge in [0.25, 0.3) is 0 Å². The zero-order valence-corrected chi connectivity index (χ0v) is 21.2. The van der Waals surface area contributed by atoms with Crippen molar-refractivity contribution in [2.45, 2.75) is 31.7 Å². The molecular formula is C22H34ClIN4O2. The number of ether oxygens (including phenoxy) is 1.